The van der Waals surface area contributed by atoms with Crippen molar-refractivity contribution in [1.29, 1.82) is 0 Å². The van der Waals surface area contributed by atoms with Crippen LogP contribution in [-0.2, 0) is 9.59 Å². The summed E-state index contributed by atoms with van der Waals surface area (Å²) in [5.74, 6) is 0.166. The Kier molecular flexibility index (Phi) is 7.64. The molecule has 1 saturated heterocycles. The van der Waals surface area contributed by atoms with Gasteiger partial charge in [0.15, 0.2) is 5.17 Å². The number of amidine groups is 1. The van der Waals surface area contributed by atoms with Gasteiger partial charge in [-0.3, -0.25) is 14.5 Å². The van der Waals surface area contributed by atoms with Gasteiger partial charge in [-0.25, -0.2) is 4.99 Å². The summed E-state index contributed by atoms with van der Waals surface area (Å²) in [5.41, 5.74) is 1.16. The second kappa shape index (κ2) is 10.2. The maximum atomic E-state index is 12.9. The van der Waals surface area contributed by atoms with Crippen LogP contribution in [0.4, 0.5) is 11.4 Å². The minimum absolute atomic E-state index is 0.0299. The Labute approximate surface area is 189 Å². The average Bonchev–Trinajstić information content (AvgIpc) is 3.00. The molecule has 1 aliphatic rings. The lowest BCUT2D eigenvalue weighted by Crippen LogP contribution is -2.34. The van der Waals surface area contributed by atoms with E-state index in [2.05, 4.69) is 10.3 Å². The number of rotatable bonds is 7. The average molecular weight is 466 g/mol. The first kappa shape index (κ1) is 22.5. The van der Waals surface area contributed by atoms with E-state index in [1.807, 2.05) is 13.0 Å². The highest BCUT2D eigenvalue weighted by Gasteiger charge is 2.38. The van der Waals surface area contributed by atoms with E-state index in [0.717, 1.165) is 6.42 Å². The summed E-state index contributed by atoms with van der Waals surface area (Å²) in [5, 5.41) is 3.65. The summed E-state index contributed by atoms with van der Waals surface area (Å²) in [6, 6.07) is 12.2. The summed E-state index contributed by atoms with van der Waals surface area (Å²) in [7, 11) is 1.54. The molecule has 30 heavy (non-hydrogen) atoms. The Balaban J connectivity index is 1.75. The Morgan fingerprint density at radius 2 is 2.00 bits per heavy atom. The predicted octanol–water partition coefficient (Wildman–Crippen LogP) is 5.37. The molecule has 1 unspecified atom stereocenters. The molecule has 0 spiro atoms. The number of carbonyl (C=O) groups excluding carboxylic acids is 2. The monoisotopic (exact) mass is 465 g/mol. The topological polar surface area (TPSA) is 71.0 Å². The number of hydrogen-bond donors (Lipinski definition) is 1. The minimum Gasteiger partial charge on any atom is -0.495 e. The highest BCUT2D eigenvalue weighted by atomic mass is 35.5. The Morgan fingerprint density at radius 3 is 2.70 bits per heavy atom. The van der Waals surface area contributed by atoms with Crippen LogP contribution in [0.5, 0.6) is 5.75 Å². The van der Waals surface area contributed by atoms with Gasteiger partial charge in [0, 0.05) is 13.0 Å². The second-order valence-electron chi connectivity index (χ2n) is 6.54. The third kappa shape index (κ3) is 5.28. The van der Waals surface area contributed by atoms with E-state index in [1.54, 1.807) is 41.3 Å². The number of benzene rings is 2. The van der Waals surface area contributed by atoms with Crippen LogP contribution in [0.15, 0.2) is 47.5 Å². The molecule has 0 bridgehead atoms. The van der Waals surface area contributed by atoms with Crippen LogP contribution < -0.4 is 10.1 Å². The first-order valence-corrected chi connectivity index (χ1v) is 11.0. The van der Waals surface area contributed by atoms with Crippen molar-refractivity contribution < 1.29 is 14.3 Å². The molecule has 0 saturated carbocycles. The SMILES string of the molecule is CCCN1C(=O)C(CC(=O)Nc2ccccc2OC)SC1=Nc1ccc(Cl)c(Cl)c1. The third-order valence-electron chi connectivity index (χ3n) is 4.35. The van der Waals surface area contributed by atoms with E-state index in [0.29, 0.717) is 38.9 Å². The summed E-state index contributed by atoms with van der Waals surface area (Å²) < 4.78 is 5.25. The molecule has 1 atom stereocenters. The van der Waals surface area contributed by atoms with E-state index in [4.69, 9.17) is 27.9 Å². The van der Waals surface area contributed by atoms with Crippen molar-refractivity contribution in [3.8, 4) is 5.75 Å². The van der Waals surface area contributed by atoms with Crippen molar-refractivity contribution in [2.24, 2.45) is 4.99 Å². The van der Waals surface area contributed by atoms with Gasteiger partial charge in [0.2, 0.25) is 11.8 Å². The maximum absolute atomic E-state index is 12.9. The van der Waals surface area contributed by atoms with Gasteiger partial charge in [0.05, 0.1) is 28.5 Å². The van der Waals surface area contributed by atoms with E-state index in [1.165, 1.54) is 18.9 Å². The lowest BCUT2D eigenvalue weighted by Gasteiger charge is -2.15. The lowest BCUT2D eigenvalue weighted by atomic mass is 10.2. The van der Waals surface area contributed by atoms with Crippen molar-refractivity contribution in [2.75, 3.05) is 19.0 Å². The van der Waals surface area contributed by atoms with Gasteiger partial charge in [0.25, 0.3) is 0 Å². The van der Waals surface area contributed by atoms with Gasteiger partial charge in [-0.05, 0) is 36.8 Å². The summed E-state index contributed by atoms with van der Waals surface area (Å²) >= 11 is 13.3. The number of hydrogen-bond acceptors (Lipinski definition) is 5. The molecule has 1 heterocycles. The molecular weight excluding hydrogens is 445 g/mol. The second-order valence-corrected chi connectivity index (χ2v) is 8.53. The van der Waals surface area contributed by atoms with Gasteiger partial charge in [0.1, 0.15) is 11.0 Å². The van der Waals surface area contributed by atoms with E-state index in [9.17, 15) is 9.59 Å². The van der Waals surface area contributed by atoms with Crippen molar-refractivity contribution in [3.63, 3.8) is 0 Å². The molecule has 0 radical (unpaired) electrons. The molecule has 2 aromatic rings. The number of ether oxygens (including phenoxy) is 1. The Morgan fingerprint density at radius 1 is 1.23 bits per heavy atom. The fourth-order valence-corrected chi connectivity index (χ4v) is 4.41. The number of halogens is 2. The number of amides is 2. The molecule has 9 heteroatoms. The number of carbonyl (C=O) groups is 2. The molecule has 2 amide bonds. The minimum atomic E-state index is -0.548. The summed E-state index contributed by atoms with van der Waals surface area (Å²) in [6.07, 6.45) is 0.801. The zero-order valence-electron chi connectivity index (χ0n) is 16.5. The van der Waals surface area contributed by atoms with Gasteiger partial charge >= 0.3 is 0 Å². The number of aliphatic imine (C=N–C) groups is 1. The molecule has 2 aromatic carbocycles. The predicted molar refractivity (Wildman–Crippen MR) is 123 cm³/mol. The Bertz CT molecular complexity index is 984. The number of nitrogens with zero attached hydrogens (tertiary/aromatic N) is 2. The standard InChI is InChI=1S/C21H21Cl2N3O3S/c1-3-10-26-20(28)18(12-19(27)25-16-6-4-5-7-17(16)29-2)30-21(26)24-13-8-9-14(22)15(23)11-13/h4-9,11,18H,3,10,12H2,1-2H3,(H,25,27). The van der Waals surface area contributed by atoms with Crippen molar-refractivity contribution in [3.05, 3.63) is 52.5 Å². The molecule has 1 N–H and O–H groups in total. The number of nitrogens with one attached hydrogen (secondary N) is 1. The van der Waals surface area contributed by atoms with Crippen LogP contribution in [-0.4, -0.2) is 40.8 Å². The highest BCUT2D eigenvalue weighted by molar-refractivity contribution is 8.15. The first-order valence-electron chi connectivity index (χ1n) is 9.37. The maximum Gasteiger partial charge on any atom is 0.242 e. The van der Waals surface area contributed by atoms with Crippen molar-refractivity contribution >= 4 is 63.3 Å². The molecule has 1 aliphatic heterocycles. The smallest absolute Gasteiger partial charge is 0.242 e. The fourth-order valence-electron chi connectivity index (χ4n) is 2.94. The number of methoxy groups -OCH3 is 1. The Hall–Kier alpha value is -2.22. The lowest BCUT2D eigenvalue weighted by molar-refractivity contribution is -0.128. The van der Waals surface area contributed by atoms with E-state index < -0.39 is 5.25 Å². The molecule has 0 aliphatic carbocycles. The largest absolute Gasteiger partial charge is 0.495 e. The van der Waals surface area contributed by atoms with Crippen LogP contribution >= 0.6 is 35.0 Å². The molecule has 6 nitrogen and oxygen atoms in total. The molecule has 0 aromatic heterocycles. The van der Waals surface area contributed by atoms with Crippen molar-refractivity contribution in [1.82, 2.24) is 4.90 Å². The number of thioether (sulfide) groups is 1. The van der Waals surface area contributed by atoms with Crippen molar-refractivity contribution in [2.45, 2.75) is 25.0 Å². The van der Waals surface area contributed by atoms with Gasteiger partial charge in [-0.1, -0.05) is 54.0 Å². The number of para-hydroxylation sites is 2. The fraction of sp³-hybridized carbons (Fsp3) is 0.286. The zero-order chi connectivity index (χ0) is 21.7. The molecular formula is C21H21Cl2N3O3S. The number of anilines is 1. The summed E-state index contributed by atoms with van der Waals surface area (Å²) in [4.78, 5) is 31.7. The van der Waals surface area contributed by atoms with Crippen LogP contribution in [0.1, 0.15) is 19.8 Å². The quantitative estimate of drug-likeness (QED) is 0.596. The van der Waals surface area contributed by atoms with Gasteiger partial charge in [-0.2, -0.15) is 0 Å². The first-order chi connectivity index (χ1) is 14.4. The van der Waals surface area contributed by atoms with E-state index in [-0.39, 0.29) is 18.2 Å². The molecule has 158 valence electrons. The summed E-state index contributed by atoms with van der Waals surface area (Å²) in [6.45, 7) is 2.51. The normalized spacial score (nSPS) is 17.5. The van der Waals surface area contributed by atoms with Crippen LogP contribution in [0.25, 0.3) is 0 Å². The van der Waals surface area contributed by atoms with Gasteiger partial charge in [-0.15, -0.1) is 0 Å². The molecule has 1 fully saturated rings. The third-order valence-corrected chi connectivity index (χ3v) is 6.26. The van der Waals surface area contributed by atoms with E-state index >= 15 is 0 Å². The van der Waals surface area contributed by atoms with Gasteiger partial charge < -0.3 is 10.1 Å². The zero-order valence-corrected chi connectivity index (χ0v) is 18.9. The van der Waals surface area contributed by atoms with Crippen LogP contribution in [0.3, 0.4) is 0 Å². The highest BCUT2D eigenvalue weighted by Crippen LogP contribution is 2.34. The molecule has 3 rings (SSSR count). The van der Waals surface area contributed by atoms with Crippen LogP contribution in [0, 0.1) is 0 Å². The van der Waals surface area contributed by atoms with Crippen LogP contribution in [0.2, 0.25) is 10.0 Å².